The average molecular weight is 272 g/mol. The third kappa shape index (κ3) is 3.26. The number of anilines is 2. The van der Waals surface area contributed by atoms with Gasteiger partial charge in [0.2, 0.25) is 5.88 Å². The third-order valence-corrected chi connectivity index (χ3v) is 2.71. The van der Waals surface area contributed by atoms with Crippen LogP contribution in [0.2, 0.25) is 0 Å². The van der Waals surface area contributed by atoms with Crippen molar-refractivity contribution in [2.75, 3.05) is 11.9 Å². The fourth-order valence-electron chi connectivity index (χ4n) is 1.79. The van der Waals surface area contributed by atoms with Crippen molar-refractivity contribution in [1.82, 2.24) is 4.98 Å². The van der Waals surface area contributed by atoms with Crippen LogP contribution in [0.5, 0.6) is 5.88 Å². The topological polar surface area (TPSA) is 71.5 Å². The molecular formula is C15H16N2O3. The van der Waals surface area contributed by atoms with Gasteiger partial charge in [0.05, 0.1) is 29.7 Å². The second-order valence-electron chi connectivity index (χ2n) is 4.30. The third-order valence-electron chi connectivity index (χ3n) is 2.71. The Balaban J connectivity index is 2.23. The van der Waals surface area contributed by atoms with Gasteiger partial charge in [-0.15, -0.1) is 0 Å². The van der Waals surface area contributed by atoms with E-state index in [0.717, 1.165) is 5.56 Å². The number of rotatable bonds is 5. The van der Waals surface area contributed by atoms with Gasteiger partial charge in [-0.05, 0) is 32.0 Å². The number of aromatic nitrogens is 1. The summed E-state index contributed by atoms with van der Waals surface area (Å²) < 4.78 is 5.26. The minimum absolute atomic E-state index is 0.235. The van der Waals surface area contributed by atoms with Gasteiger partial charge in [-0.25, -0.2) is 9.78 Å². The molecule has 1 heterocycles. The van der Waals surface area contributed by atoms with E-state index in [9.17, 15) is 9.90 Å². The van der Waals surface area contributed by atoms with E-state index in [1.807, 2.05) is 19.9 Å². The smallest absolute Gasteiger partial charge is 0.337 e. The van der Waals surface area contributed by atoms with Crippen LogP contribution in [-0.2, 0) is 0 Å². The van der Waals surface area contributed by atoms with Gasteiger partial charge in [0.25, 0.3) is 0 Å². The van der Waals surface area contributed by atoms with E-state index in [-0.39, 0.29) is 5.56 Å². The number of nitrogens with one attached hydrogen (secondary N) is 1. The second-order valence-corrected chi connectivity index (χ2v) is 4.30. The van der Waals surface area contributed by atoms with Crippen molar-refractivity contribution in [3.8, 4) is 5.88 Å². The van der Waals surface area contributed by atoms with Crippen LogP contribution < -0.4 is 10.1 Å². The van der Waals surface area contributed by atoms with Crippen LogP contribution in [0, 0.1) is 6.92 Å². The SMILES string of the molecule is CCOc1ccc(Nc2ccc(C)cc2C(=O)O)cn1. The summed E-state index contributed by atoms with van der Waals surface area (Å²) in [6.45, 7) is 4.30. The first-order chi connectivity index (χ1) is 9.60. The van der Waals surface area contributed by atoms with E-state index in [4.69, 9.17) is 4.74 Å². The lowest BCUT2D eigenvalue weighted by atomic mass is 10.1. The van der Waals surface area contributed by atoms with Crippen LogP contribution in [0.4, 0.5) is 11.4 Å². The maximum Gasteiger partial charge on any atom is 0.337 e. The van der Waals surface area contributed by atoms with Crippen molar-refractivity contribution in [2.45, 2.75) is 13.8 Å². The highest BCUT2D eigenvalue weighted by molar-refractivity contribution is 5.95. The Labute approximate surface area is 117 Å². The second kappa shape index (κ2) is 6.06. The van der Waals surface area contributed by atoms with E-state index < -0.39 is 5.97 Å². The summed E-state index contributed by atoms with van der Waals surface area (Å²) in [5, 5.41) is 12.3. The maximum absolute atomic E-state index is 11.2. The van der Waals surface area contributed by atoms with Gasteiger partial charge in [-0.1, -0.05) is 11.6 Å². The number of carboxylic acids is 1. The molecule has 20 heavy (non-hydrogen) atoms. The molecule has 104 valence electrons. The molecule has 0 bridgehead atoms. The first kappa shape index (κ1) is 13.9. The Hall–Kier alpha value is -2.56. The lowest BCUT2D eigenvalue weighted by Crippen LogP contribution is -2.03. The van der Waals surface area contributed by atoms with Crippen molar-refractivity contribution in [2.24, 2.45) is 0 Å². The predicted molar refractivity (Wildman–Crippen MR) is 76.8 cm³/mol. The van der Waals surface area contributed by atoms with Crippen molar-refractivity contribution in [3.05, 3.63) is 47.7 Å². The molecule has 0 aliphatic rings. The summed E-state index contributed by atoms with van der Waals surface area (Å²) in [4.78, 5) is 15.4. The molecule has 0 fully saturated rings. The van der Waals surface area contributed by atoms with Gasteiger partial charge in [-0.2, -0.15) is 0 Å². The maximum atomic E-state index is 11.2. The van der Waals surface area contributed by atoms with Gasteiger partial charge in [-0.3, -0.25) is 0 Å². The number of nitrogens with zero attached hydrogens (tertiary/aromatic N) is 1. The number of pyridine rings is 1. The van der Waals surface area contributed by atoms with Crippen LogP contribution in [0.1, 0.15) is 22.8 Å². The molecule has 0 saturated carbocycles. The summed E-state index contributed by atoms with van der Waals surface area (Å²) in [5.74, 6) is -0.421. The molecule has 0 saturated heterocycles. The summed E-state index contributed by atoms with van der Waals surface area (Å²) in [6, 6.07) is 8.77. The molecular weight excluding hydrogens is 256 g/mol. The van der Waals surface area contributed by atoms with Gasteiger partial charge in [0.15, 0.2) is 0 Å². The van der Waals surface area contributed by atoms with Crippen LogP contribution in [0.15, 0.2) is 36.5 Å². The van der Waals surface area contributed by atoms with E-state index in [0.29, 0.717) is 23.9 Å². The molecule has 2 aromatic rings. The van der Waals surface area contributed by atoms with E-state index in [1.165, 1.54) is 0 Å². The van der Waals surface area contributed by atoms with Gasteiger partial charge in [0.1, 0.15) is 0 Å². The summed E-state index contributed by atoms with van der Waals surface area (Å²) in [7, 11) is 0. The first-order valence-corrected chi connectivity index (χ1v) is 6.30. The fraction of sp³-hybridized carbons (Fsp3) is 0.200. The molecule has 0 unspecified atom stereocenters. The molecule has 0 aliphatic heterocycles. The number of aryl methyl sites for hydroxylation is 1. The van der Waals surface area contributed by atoms with Crippen LogP contribution in [0.3, 0.4) is 0 Å². The monoisotopic (exact) mass is 272 g/mol. The predicted octanol–water partition coefficient (Wildman–Crippen LogP) is 3.23. The van der Waals surface area contributed by atoms with Gasteiger partial charge < -0.3 is 15.2 Å². The molecule has 2 N–H and O–H groups in total. The highest BCUT2D eigenvalue weighted by Gasteiger charge is 2.10. The van der Waals surface area contributed by atoms with Crippen molar-refractivity contribution in [1.29, 1.82) is 0 Å². The molecule has 0 aliphatic carbocycles. The Morgan fingerprint density at radius 1 is 1.35 bits per heavy atom. The zero-order chi connectivity index (χ0) is 14.5. The molecule has 1 aromatic heterocycles. The average Bonchev–Trinajstić information content (AvgIpc) is 2.43. The summed E-state index contributed by atoms with van der Waals surface area (Å²) >= 11 is 0. The Bertz CT molecular complexity index is 609. The lowest BCUT2D eigenvalue weighted by Gasteiger charge is -2.10. The number of benzene rings is 1. The standard InChI is InChI=1S/C15H16N2O3/c1-3-20-14-7-5-11(9-16-14)17-13-6-4-10(2)8-12(13)15(18)19/h4-9,17H,3H2,1-2H3,(H,18,19). The fourth-order valence-corrected chi connectivity index (χ4v) is 1.79. The van der Waals surface area contributed by atoms with Gasteiger partial charge >= 0.3 is 5.97 Å². The molecule has 0 radical (unpaired) electrons. The van der Waals surface area contributed by atoms with E-state index >= 15 is 0 Å². The number of aromatic carboxylic acids is 1. The molecule has 2 rings (SSSR count). The zero-order valence-corrected chi connectivity index (χ0v) is 11.4. The van der Waals surface area contributed by atoms with Crippen LogP contribution >= 0.6 is 0 Å². The lowest BCUT2D eigenvalue weighted by molar-refractivity contribution is 0.0698. The molecule has 0 amide bonds. The highest BCUT2D eigenvalue weighted by Crippen LogP contribution is 2.22. The number of carbonyl (C=O) groups is 1. The van der Waals surface area contributed by atoms with E-state index in [1.54, 1.807) is 30.5 Å². The Kier molecular flexibility index (Phi) is 4.20. The van der Waals surface area contributed by atoms with Gasteiger partial charge in [0, 0.05) is 6.07 Å². The van der Waals surface area contributed by atoms with E-state index in [2.05, 4.69) is 10.3 Å². The number of hydrogen-bond acceptors (Lipinski definition) is 4. The van der Waals surface area contributed by atoms with Crippen molar-refractivity contribution >= 4 is 17.3 Å². The van der Waals surface area contributed by atoms with Crippen molar-refractivity contribution in [3.63, 3.8) is 0 Å². The van der Waals surface area contributed by atoms with Crippen LogP contribution in [-0.4, -0.2) is 22.7 Å². The Morgan fingerprint density at radius 2 is 2.15 bits per heavy atom. The molecule has 5 heteroatoms. The van der Waals surface area contributed by atoms with Crippen LogP contribution in [0.25, 0.3) is 0 Å². The zero-order valence-electron chi connectivity index (χ0n) is 11.4. The number of hydrogen-bond donors (Lipinski definition) is 2. The normalized spacial score (nSPS) is 10.1. The minimum Gasteiger partial charge on any atom is -0.478 e. The quantitative estimate of drug-likeness (QED) is 0.874. The number of carboxylic acid groups (broad SMARTS) is 1. The minimum atomic E-state index is -0.963. The summed E-state index contributed by atoms with van der Waals surface area (Å²) in [5.41, 5.74) is 2.38. The molecule has 0 spiro atoms. The summed E-state index contributed by atoms with van der Waals surface area (Å²) in [6.07, 6.45) is 1.61. The molecule has 5 nitrogen and oxygen atoms in total. The van der Waals surface area contributed by atoms with Crippen molar-refractivity contribution < 1.29 is 14.6 Å². The highest BCUT2D eigenvalue weighted by atomic mass is 16.5. The Morgan fingerprint density at radius 3 is 2.75 bits per heavy atom. The molecule has 0 atom stereocenters. The molecule has 1 aromatic carbocycles. The first-order valence-electron chi connectivity index (χ1n) is 6.30. The number of ether oxygens (including phenoxy) is 1. The largest absolute Gasteiger partial charge is 0.478 e.